The summed E-state index contributed by atoms with van der Waals surface area (Å²) in [5, 5.41) is 13.9. The van der Waals surface area contributed by atoms with Gasteiger partial charge in [-0.05, 0) is 55.9 Å². The fourth-order valence-electron chi connectivity index (χ4n) is 3.92. The molecule has 5 nitrogen and oxygen atoms in total. The first-order chi connectivity index (χ1) is 14.5. The molecular weight excluding hydrogens is 381 g/mol. The topological polar surface area (TPSA) is 61.9 Å². The first-order valence-corrected chi connectivity index (χ1v) is 10.7. The van der Waals surface area contributed by atoms with Crippen LogP contribution in [0.3, 0.4) is 0 Å². The van der Waals surface area contributed by atoms with Crippen LogP contribution in [0.15, 0.2) is 51.3 Å². The zero-order valence-corrected chi connectivity index (χ0v) is 18.3. The Morgan fingerprint density at radius 1 is 1.20 bits per heavy atom. The normalized spacial score (nSPS) is 16.1. The number of amidine groups is 1. The summed E-state index contributed by atoms with van der Waals surface area (Å²) < 4.78 is 19.0. The van der Waals surface area contributed by atoms with Crippen molar-refractivity contribution in [1.82, 2.24) is 10.1 Å². The Morgan fingerprint density at radius 3 is 2.67 bits per heavy atom. The Labute approximate surface area is 177 Å². The zero-order chi connectivity index (χ0) is 21.8. The fraction of sp³-hybridized carbons (Fsp3) is 0.417. The van der Waals surface area contributed by atoms with E-state index in [1.807, 2.05) is 19.9 Å². The van der Waals surface area contributed by atoms with Gasteiger partial charge in [-0.15, -0.1) is 0 Å². The molecule has 0 amide bonds. The van der Waals surface area contributed by atoms with Gasteiger partial charge in [0.05, 0.1) is 6.54 Å². The number of aryl methyl sites for hydroxylation is 1. The van der Waals surface area contributed by atoms with E-state index in [1.54, 1.807) is 6.92 Å². The van der Waals surface area contributed by atoms with Crippen LogP contribution in [-0.2, 0) is 6.54 Å². The van der Waals surface area contributed by atoms with Crippen molar-refractivity contribution in [3.63, 3.8) is 0 Å². The van der Waals surface area contributed by atoms with Gasteiger partial charge in [-0.25, -0.2) is 9.38 Å². The van der Waals surface area contributed by atoms with Crippen LogP contribution in [-0.4, -0.2) is 21.0 Å². The molecule has 1 aromatic heterocycles. The first kappa shape index (κ1) is 21.8. The number of phenols is 1. The van der Waals surface area contributed by atoms with Gasteiger partial charge in [0, 0.05) is 29.4 Å². The first-order valence-electron chi connectivity index (χ1n) is 10.7. The lowest BCUT2D eigenvalue weighted by molar-refractivity contribution is 0.400. The molecule has 1 aromatic carbocycles. The van der Waals surface area contributed by atoms with E-state index in [0.29, 0.717) is 23.4 Å². The molecule has 0 radical (unpaired) electrons. The summed E-state index contributed by atoms with van der Waals surface area (Å²) in [4.78, 5) is 6.99. The summed E-state index contributed by atoms with van der Waals surface area (Å²) in [6, 6.07) is 4.48. The Balaban J connectivity index is 0.00000124. The van der Waals surface area contributed by atoms with Crippen LogP contribution in [0.25, 0.3) is 11.3 Å². The fourth-order valence-corrected chi connectivity index (χ4v) is 3.92. The van der Waals surface area contributed by atoms with Crippen LogP contribution in [0, 0.1) is 12.7 Å². The highest BCUT2D eigenvalue weighted by Gasteiger charge is 2.27. The standard InChI is InChI=1S/C22H24FN3O2.C2H6/c1-4-22-24-19-8-6-5-7-16(19)14(3)26(22)12-15-10-21(28-25-15)17-11-20(27)18(23)9-13(17)2;1-2/h9-11,27H,3-8,12H2,1-2H3;1-2H3. The molecule has 1 N–H and O–H groups in total. The second kappa shape index (κ2) is 9.28. The summed E-state index contributed by atoms with van der Waals surface area (Å²) >= 11 is 0. The molecule has 2 heterocycles. The van der Waals surface area contributed by atoms with Gasteiger partial charge in [0.1, 0.15) is 11.5 Å². The highest BCUT2D eigenvalue weighted by molar-refractivity contribution is 5.87. The van der Waals surface area contributed by atoms with E-state index in [1.165, 1.54) is 36.2 Å². The van der Waals surface area contributed by atoms with Crippen molar-refractivity contribution >= 4 is 5.84 Å². The number of rotatable bonds is 4. The van der Waals surface area contributed by atoms with Gasteiger partial charge in [0.2, 0.25) is 0 Å². The minimum absolute atomic E-state index is 0.403. The van der Waals surface area contributed by atoms with Crippen molar-refractivity contribution in [2.45, 2.75) is 66.3 Å². The summed E-state index contributed by atoms with van der Waals surface area (Å²) in [6.45, 7) is 12.7. The molecule has 0 fully saturated rings. The van der Waals surface area contributed by atoms with Gasteiger partial charge in [0.15, 0.2) is 17.3 Å². The summed E-state index contributed by atoms with van der Waals surface area (Å²) in [6.07, 6.45) is 5.20. The molecule has 0 spiro atoms. The number of aromatic hydroxyl groups is 1. The minimum atomic E-state index is -0.647. The highest BCUT2D eigenvalue weighted by Crippen LogP contribution is 2.36. The molecule has 6 heteroatoms. The van der Waals surface area contributed by atoms with Crippen molar-refractivity contribution in [3.8, 4) is 17.1 Å². The zero-order valence-electron chi connectivity index (χ0n) is 18.3. The molecule has 30 heavy (non-hydrogen) atoms. The van der Waals surface area contributed by atoms with Crippen LogP contribution in [0.1, 0.15) is 64.1 Å². The van der Waals surface area contributed by atoms with Gasteiger partial charge < -0.3 is 14.5 Å². The van der Waals surface area contributed by atoms with Crippen molar-refractivity contribution in [2.75, 3.05) is 0 Å². The highest BCUT2D eigenvalue weighted by atomic mass is 19.1. The van der Waals surface area contributed by atoms with Gasteiger partial charge in [-0.1, -0.05) is 32.5 Å². The molecule has 0 atom stereocenters. The van der Waals surface area contributed by atoms with Gasteiger partial charge in [-0.2, -0.15) is 0 Å². The van der Waals surface area contributed by atoms with E-state index in [4.69, 9.17) is 9.52 Å². The number of aliphatic imine (C=N–C) groups is 1. The number of halogens is 1. The van der Waals surface area contributed by atoms with E-state index < -0.39 is 11.6 Å². The third kappa shape index (κ3) is 4.18. The maximum absolute atomic E-state index is 13.5. The number of hydrogen-bond donors (Lipinski definition) is 1. The number of benzene rings is 1. The minimum Gasteiger partial charge on any atom is -0.505 e. The number of phenolic OH excluding ortho intramolecular Hbond substituents is 1. The molecular formula is C24H30FN3O2. The van der Waals surface area contributed by atoms with Gasteiger partial charge in [-0.3, -0.25) is 0 Å². The number of nitrogens with zero attached hydrogens (tertiary/aromatic N) is 3. The SMILES string of the molecule is C=C1C2=C(CCCC2)N=C(CC)N1Cc1cc(-c2cc(O)c(F)cc2C)on1.CC. The maximum atomic E-state index is 13.5. The third-order valence-corrected chi connectivity index (χ3v) is 5.44. The molecule has 0 saturated carbocycles. The second-order valence-electron chi connectivity index (χ2n) is 7.35. The molecule has 2 aromatic rings. The van der Waals surface area contributed by atoms with Crippen LogP contribution in [0.5, 0.6) is 5.75 Å². The molecule has 0 saturated heterocycles. The van der Waals surface area contributed by atoms with E-state index in [0.717, 1.165) is 36.5 Å². The Hall–Kier alpha value is -2.89. The van der Waals surface area contributed by atoms with Crippen LogP contribution in [0.4, 0.5) is 4.39 Å². The van der Waals surface area contributed by atoms with Crippen LogP contribution < -0.4 is 0 Å². The number of allylic oxidation sites excluding steroid dienone is 2. The third-order valence-electron chi connectivity index (χ3n) is 5.44. The molecule has 2 aliphatic rings. The van der Waals surface area contributed by atoms with Crippen molar-refractivity contribution in [2.24, 2.45) is 4.99 Å². The lowest BCUT2D eigenvalue weighted by Crippen LogP contribution is -2.33. The largest absolute Gasteiger partial charge is 0.505 e. The number of aromatic nitrogens is 1. The van der Waals surface area contributed by atoms with Crippen molar-refractivity contribution < 1.29 is 14.0 Å². The Bertz CT molecular complexity index is 1000. The quantitative estimate of drug-likeness (QED) is 0.625. The van der Waals surface area contributed by atoms with Crippen LogP contribution in [0.2, 0.25) is 0 Å². The van der Waals surface area contributed by atoms with E-state index in [2.05, 4.69) is 23.6 Å². The Morgan fingerprint density at radius 2 is 1.93 bits per heavy atom. The molecule has 160 valence electrons. The summed E-state index contributed by atoms with van der Waals surface area (Å²) in [5.41, 5.74) is 5.47. The average Bonchev–Trinajstić information content (AvgIpc) is 3.22. The molecule has 4 rings (SSSR count). The smallest absolute Gasteiger partial charge is 0.167 e. The van der Waals surface area contributed by atoms with Crippen molar-refractivity contribution in [3.05, 3.63) is 58.8 Å². The second-order valence-corrected chi connectivity index (χ2v) is 7.35. The predicted molar refractivity (Wildman–Crippen MR) is 118 cm³/mol. The Kier molecular flexibility index (Phi) is 6.75. The lowest BCUT2D eigenvalue weighted by atomic mass is 9.92. The predicted octanol–water partition coefficient (Wildman–Crippen LogP) is 6.49. The van der Waals surface area contributed by atoms with Gasteiger partial charge in [0.25, 0.3) is 0 Å². The van der Waals surface area contributed by atoms with Gasteiger partial charge >= 0.3 is 0 Å². The summed E-state index contributed by atoms with van der Waals surface area (Å²) in [5.74, 6) is 0.440. The number of hydrogen-bond acceptors (Lipinski definition) is 5. The molecule has 0 unspecified atom stereocenters. The monoisotopic (exact) mass is 411 g/mol. The van der Waals surface area contributed by atoms with E-state index >= 15 is 0 Å². The van der Waals surface area contributed by atoms with E-state index in [-0.39, 0.29) is 0 Å². The lowest BCUT2D eigenvalue weighted by Gasteiger charge is -2.34. The molecule has 1 aliphatic carbocycles. The maximum Gasteiger partial charge on any atom is 0.167 e. The van der Waals surface area contributed by atoms with E-state index in [9.17, 15) is 9.50 Å². The molecule has 0 bridgehead atoms. The summed E-state index contributed by atoms with van der Waals surface area (Å²) in [7, 11) is 0. The van der Waals surface area contributed by atoms with Crippen LogP contribution >= 0.6 is 0 Å². The molecule has 1 aliphatic heterocycles. The van der Waals surface area contributed by atoms with Crippen molar-refractivity contribution in [1.29, 1.82) is 0 Å². The average molecular weight is 412 g/mol.